The smallest absolute Gasteiger partial charge is 0.231 e. The molecule has 0 saturated heterocycles. The van der Waals surface area contributed by atoms with Crippen molar-refractivity contribution in [1.82, 2.24) is 20.1 Å². The van der Waals surface area contributed by atoms with Gasteiger partial charge in [0.05, 0.1) is 6.54 Å². The fourth-order valence-electron chi connectivity index (χ4n) is 2.04. The summed E-state index contributed by atoms with van der Waals surface area (Å²) >= 11 is 0. The van der Waals surface area contributed by atoms with E-state index in [4.69, 9.17) is 9.47 Å². The van der Waals surface area contributed by atoms with E-state index in [0.29, 0.717) is 19.9 Å². The third-order valence-corrected chi connectivity index (χ3v) is 3.26. The zero-order valence-electron chi connectivity index (χ0n) is 11.0. The third kappa shape index (κ3) is 2.26. The molecule has 0 radical (unpaired) electrons. The van der Waals surface area contributed by atoms with Gasteiger partial charge in [0.2, 0.25) is 6.79 Å². The van der Waals surface area contributed by atoms with Crippen molar-refractivity contribution in [2.24, 2.45) is 7.05 Å². The second-order valence-electron chi connectivity index (χ2n) is 4.48. The topological polar surface area (TPSA) is 61.2 Å². The van der Waals surface area contributed by atoms with Crippen molar-refractivity contribution in [3.63, 3.8) is 0 Å². The van der Waals surface area contributed by atoms with Crippen LogP contribution in [0.3, 0.4) is 0 Å². The summed E-state index contributed by atoms with van der Waals surface area (Å²) in [6.07, 6.45) is 0. The Labute approximate surface area is 111 Å². The first-order valence-electron chi connectivity index (χ1n) is 6.19. The molecular formula is C13H16N4O2. The van der Waals surface area contributed by atoms with Gasteiger partial charge in [0.25, 0.3) is 0 Å². The highest BCUT2D eigenvalue weighted by Gasteiger charge is 2.16. The average Bonchev–Trinajstić information content (AvgIpc) is 3.00. The van der Waals surface area contributed by atoms with Crippen LogP contribution in [0.15, 0.2) is 18.2 Å². The highest BCUT2D eigenvalue weighted by Crippen LogP contribution is 2.35. The fraction of sp³-hybridized carbons (Fsp3) is 0.385. The number of aromatic nitrogens is 3. The minimum Gasteiger partial charge on any atom is -0.454 e. The lowest BCUT2D eigenvalue weighted by atomic mass is 10.2. The highest BCUT2D eigenvalue weighted by molar-refractivity contribution is 5.48. The molecular weight excluding hydrogens is 244 g/mol. The van der Waals surface area contributed by atoms with Crippen molar-refractivity contribution in [2.45, 2.75) is 20.0 Å². The molecule has 0 spiro atoms. The molecule has 0 unspecified atom stereocenters. The predicted octanol–water partition coefficient (Wildman–Crippen LogP) is 1.14. The van der Waals surface area contributed by atoms with E-state index in [1.807, 2.05) is 36.7 Å². The first kappa shape index (κ1) is 12.0. The lowest BCUT2D eigenvalue weighted by molar-refractivity contribution is 0.173. The number of para-hydroxylation sites is 1. The summed E-state index contributed by atoms with van der Waals surface area (Å²) in [5.74, 6) is 3.48. The fourth-order valence-corrected chi connectivity index (χ4v) is 2.04. The standard InChI is InChI=1S/C13H16N4O2/c1-9-15-16-12(17(9)2)7-14-6-10-4-3-5-11-13(10)19-8-18-11/h3-5,14H,6-8H2,1-2H3. The highest BCUT2D eigenvalue weighted by atomic mass is 16.7. The number of hydrogen-bond donors (Lipinski definition) is 1. The van der Waals surface area contributed by atoms with Crippen LogP contribution in [0.1, 0.15) is 17.2 Å². The van der Waals surface area contributed by atoms with Crippen molar-refractivity contribution < 1.29 is 9.47 Å². The van der Waals surface area contributed by atoms with Gasteiger partial charge < -0.3 is 19.4 Å². The monoisotopic (exact) mass is 260 g/mol. The normalized spacial score (nSPS) is 12.9. The minimum absolute atomic E-state index is 0.300. The largest absolute Gasteiger partial charge is 0.454 e. The van der Waals surface area contributed by atoms with Crippen molar-refractivity contribution in [2.75, 3.05) is 6.79 Å². The molecule has 1 N–H and O–H groups in total. The molecule has 0 fully saturated rings. The zero-order chi connectivity index (χ0) is 13.2. The van der Waals surface area contributed by atoms with Gasteiger partial charge in [-0.15, -0.1) is 10.2 Å². The van der Waals surface area contributed by atoms with Gasteiger partial charge in [-0.3, -0.25) is 0 Å². The summed E-state index contributed by atoms with van der Waals surface area (Å²) < 4.78 is 12.8. The Morgan fingerprint density at radius 1 is 1.26 bits per heavy atom. The van der Waals surface area contributed by atoms with Gasteiger partial charge in [-0.25, -0.2) is 0 Å². The number of ether oxygens (including phenoxy) is 2. The number of nitrogens with one attached hydrogen (secondary N) is 1. The molecule has 1 aromatic heterocycles. The number of rotatable bonds is 4. The summed E-state index contributed by atoms with van der Waals surface area (Å²) in [6.45, 7) is 3.61. The maximum atomic E-state index is 5.46. The molecule has 2 aromatic rings. The molecule has 0 bridgehead atoms. The Morgan fingerprint density at radius 2 is 2.16 bits per heavy atom. The molecule has 6 heteroatoms. The second-order valence-corrected chi connectivity index (χ2v) is 4.48. The molecule has 1 aromatic carbocycles. The Kier molecular flexibility index (Phi) is 3.08. The average molecular weight is 260 g/mol. The number of aryl methyl sites for hydroxylation is 1. The van der Waals surface area contributed by atoms with E-state index in [-0.39, 0.29) is 0 Å². The Hall–Kier alpha value is -2.08. The van der Waals surface area contributed by atoms with Crippen molar-refractivity contribution in [1.29, 1.82) is 0 Å². The quantitative estimate of drug-likeness (QED) is 0.893. The van der Waals surface area contributed by atoms with Crippen LogP contribution in [0.2, 0.25) is 0 Å². The molecule has 0 amide bonds. The number of hydrogen-bond acceptors (Lipinski definition) is 5. The van der Waals surface area contributed by atoms with Gasteiger partial charge in [0.15, 0.2) is 11.5 Å². The van der Waals surface area contributed by atoms with Crippen LogP contribution in [-0.2, 0) is 20.1 Å². The van der Waals surface area contributed by atoms with Gasteiger partial charge >= 0.3 is 0 Å². The summed E-state index contributed by atoms with van der Waals surface area (Å²) in [5, 5.41) is 11.5. The van der Waals surface area contributed by atoms with E-state index in [2.05, 4.69) is 15.5 Å². The predicted molar refractivity (Wildman–Crippen MR) is 68.8 cm³/mol. The molecule has 0 saturated carbocycles. The van der Waals surface area contributed by atoms with E-state index in [0.717, 1.165) is 28.7 Å². The molecule has 6 nitrogen and oxygen atoms in total. The molecule has 19 heavy (non-hydrogen) atoms. The molecule has 1 aliphatic heterocycles. The van der Waals surface area contributed by atoms with Crippen LogP contribution >= 0.6 is 0 Å². The Morgan fingerprint density at radius 3 is 2.95 bits per heavy atom. The summed E-state index contributed by atoms with van der Waals surface area (Å²) in [7, 11) is 1.96. The van der Waals surface area contributed by atoms with Crippen LogP contribution in [0, 0.1) is 6.92 Å². The van der Waals surface area contributed by atoms with E-state index < -0.39 is 0 Å². The lowest BCUT2D eigenvalue weighted by Crippen LogP contribution is -2.16. The van der Waals surface area contributed by atoms with Gasteiger partial charge in [-0.1, -0.05) is 12.1 Å². The lowest BCUT2D eigenvalue weighted by Gasteiger charge is -2.07. The molecule has 1 aliphatic rings. The van der Waals surface area contributed by atoms with E-state index in [1.165, 1.54) is 0 Å². The third-order valence-electron chi connectivity index (χ3n) is 3.26. The van der Waals surface area contributed by atoms with Crippen LogP contribution < -0.4 is 14.8 Å². The maximum absolute atomic E-state index is 5.46. The first-order valence-corrected chi connectivity index (χ1v) is 6.19. The molecule has 100 valence electrons. The zero-order valence-corrected chi connectivity index (χ0v) is 11.0. The van der Waals surface area contributed by atoms with Crippen LogP contribution in [0.5, 0.6) is 11.5 Å². The van der Waals surface area contributed by atoms with Crippen molar-refractivity contribution in [3.05, 3.63) is 35.4 Å². The summed E-state index contributed by atoms with van der Waals surface area (Å²) in [5.41, 5.74) is 1.09. The molecule has 2 heterocycles. The minimum atomic E-state index is 0.300. The van der Waals surface area contributed by atoms with E-state index >= 15 is 0 Å². The summed E-state index contributed by atoms with van der Waals surface area (Å²) in [4.78, 5) is 0. The Bertz CT molecular complexity index is 594. The molecule has 0 atom stereocenters. The maximum Gasteiger partial charge on any atom is 0.231 e. The first-order chi connectivity index (χ1) is 9.25. The van der Waals surface area contributed by atoms with Gasteiger partial charge in [0, 0.05) is 19.2 Å². The van der Waals surface area contributed by atoms with Crippen molar-refractivity contribution >= 4 is 0 Å². The SMILES string of the molecule is Cc1nnc(CNCc2cccc3c2OCO3)n1C. The van der Waals surface area contributed by atoms with E-state index in [9.17, 15) is 0 Å². The second kappa shape index (κ2) is 4.89. The van der Waals surface area contributed by atoms with Crippen LogP contribution in [-0.4, -0.2) is 21.6 Å². The number of benzene rings is 1. The number of nitrogens with zero attached hydrogens (tertiary/aromatic N) is 3. The number of fused-ring (bicyclic) bond motifs is 1. The van der Waals surface area contributed by atoms with E-state index in [1.54, 1.807) is 0 Å². The van der Waals surface area contributed by atoms with Crippen LogP contribution in [0.25, 0.3) is 0 Å². The van der Waals surface area contributed by atoms with Gasteiger partial charge in [-0.2, -0.15) is 0 Å². The van der Waals surface area contributed by atoms with Gasteiger partial charge in [-0.05, 0) is 13.0 Å². The van der Waals surface area contributed by atoms with Crippen LogP contribution in [0.4, 0.5) is 0 Å². The summed E-state index contributed by atoms with van der Waals surface area (Å²) in [6, 6.07) is 5.91. The molecule has 3 rings (SSSR count). The Balaban J connectivity index is 1.64. The van der Waals surface area contributed by atoms with Crippen molar-refractivity contribution in [3.8, 4) is 11.5 Å². The van der Waals surface area contributed by atoms with Gasteiger partial charge in [0.1, 0.15) is 11.6 Å². The molecule has 0 aliphatic carbocycles.